The zero-order valence-corrected chi connectivity index (χ0v) is 15.6. The molecule has 1 aliphatic carbocycles. The number of hydrogen-bond acceptors (Lipinski definition) is 5. The van der Waals surface area contributed by atoms with Gasteiger partial charge in [-0.05, 0) is 52.0 Å². The smallest absolute Gasteiger partial charge is 0.253 e. The molecule has 0 unspecified atom stereocenters. The van der Waals surface area contributed by atoms with Gasteiger partial charge < -0.3 is 15.3 Å². The van der Waals surface area contributed by atoms with Crippen molar-refractivity contribution in [3.05, 3.63) is 30.1 Å². The molecule has 6 nitrogen and oxygen atoms in total. The molecule has 2 aliphatic rings. The highest BCUT2D eigenvalue weighted by atomic mass is 16.3. The van der Waals surface area contributed by atoms with E-state index >= 15 is 0 Å². The van der Waals surface area contributed by atoms with Crippen molar-refractivity contribution in [1.29, 1.82) is 0 Å². The van der Waals surface area contributed by atoms with Crippen LogP contribution in [0.25, 0.3) is 10.9 Å². The number of anilines is 1. The molecule has 1 aliphatic heterocycles. The molecule has 138 valence electrons. The zero-order chi connectivity index (χ0) is 18.5. The molecule has 1 atom stereocenters. The van der Waals surface area contributed by atoms with Crippen molar-refractivity contribution in [2.45, 2.75) is 57.7 Å². The first kappa shape index (κ1) is 17.2. The number of nitrogens with one attached hydrogen (secondary N) is 1. The van der Waals surface area contributed by atoms with Gasteiger partial charge in [-0.2, -0.15) is 0 Å². The van der Waals surface area contributed by atoms with Gasteiger partial charge in [0.15, 0.2) is 0 Å². The summed E-state index contributed by atoms with van der Waals surface area (Å²) in [5.74, 6) is 1.08. The zero-order valence-electron chi connectivity index (χ0n) is 15.6. The van der Waals surface area contributed by atoms with Gasteiger partial charge in [0.05, 0.1) is 16.7 Å². The number of amides is 1. The second-order valence-electron chi connectivity index (χ2n) is 8.28. The van der Waals surface area contributed by atoms with Crippen molar-refractivity contribution in [3.63, 3.8) is 0 Å². The number of aromatic nitrogens is 2. The lowest BCUT2D eigenvalue weighted by Crippen LogP contribution is -2.50. The number of pyridine rings is 2. The van der Waals surface area contributed by atoms with Gasteiger partial charge in [-0.1, -0.05) is 0 Å². The molecule has 6 heteroatoms. The summed E-state index contributed by atoms with van der Waals surface area (Å²) in [6.07, 6.45) is 6.26. The van der Waals surface area contributed by atoms with Crippen LogP contribution in [0.4, 0.5) is 5.82 Å². The Kier molecular flexibility index (Phi) is 4.10. The number of fused-ring (bicyclic) bond motifs is 1. The summed E-state index contributed by atoms with van der Waals surface area (Å²) in [4.78, 5) is 23.7. The number of aliphatic hydroxyl groups is 1. The molecule has 4 rings (SSSR count). The molecule has 0 bridgehead atoms. The minimum absolute atomic E-state index is 0.112. The minimum atomic E-state index is -0.678. The van der Waals surface area contributed by atoms with Gasteiger partial charge in [-0.3, -0.25) is 9.78 Å². The van der Waals surface area contributed by atoms with Crippen molar-refractivity contribution in [2.24, 2.45) is 5.92 Å². The first-order valence-corrected chi connectivity index (χ1v) is 9.37. The van der Waals surface area contributed by atoms with Crippen LogP contribution in [-0.4, -0.2) is 45.2 Å². The summed E-state index contributed by atoms with van der Waals surface area (Å²) in [5, 5.41) is 13.9. The first-order chi connectivity index (χ1) is 12.3. The van der Waals surface area contributed by atoms with E-state index in [1.54, 1.807) is 12.4 Å². The van der Waals surface area contributed by atoms with Crippen LogP contribution in [0.5, 0.6) is 0 Å². The Morgan fingerprint density at radius 3 is 2.65 bits per heavy atom. The van der Waals surface area contributed by atoms with Gasteiger partial charge >= 0.3 is 0 Å². The standard InChI is InChI=1S/C20H26N4O2/c1-12-4-5-24(12)18-9-17-13(10-22-18)6-14(11-21-17)19(25)23-16-7-15(8-16)20(2,3)26/h6,9-12,15-16,26H,4-5,7-8H2,1-3H3,(H,23,25)/t12-,15?,16?/m0/s1. The quantitative estimate of drug-likeness (QED) is 0.882. The SMILES string of the molecule is C[C@H]1CCN1c1cc2ncc(C(=O)NC3CC(C(C)(C)O)C3)cc2cn1. The summed E-state index contributed by atoms with van der Waals surface area (Å²) in [5.41, 5.74) is 0.732. The second kappa shape index (κ2) is 6.20. The number of hydrogen-bond donors (Lipinski definition) is 2. The van der Waals surface area contributed by atoms with Gasteiger partial charge in [-0.15, -0.1) is 0 Å². The summed E-state index contributed by atoms with van der Waals surface area (Å²) < 4.78 is 0. The van der Waals surface area contributed by atoms with Crippen LogP contribution in [0, 0.1) is 5.92 Å². The van der Waals surface area contributed by atoms with Crippen LogP contribution in [0.3, 0.4) is 0 Å². The molecule has 1 amide bonds. The summed E-state index contributed by atoms with van der Waals surface area (Å²) >= 11 is 0. The van der Waals surface area contributed by atoms with E-state index in [9.17, 15) is 9.90 Å². The largest absolute Gasteiger partial charge is 0.390 e. The fourth-order valence-electron chi connectivity index (χ4n) is 3.73. The van der Waals surface area contributed by atoms with Gasteiger partial charge in [-0.25, -0.2) is 4.98 Å². The van der Waals surface area contributed by atoms with Crippen molar-refractivity contribution in [2.75, 3.05) is 11.4 Å². The molecule has 1 saturated carbocycles. The van der Waals surface area contributed by atoms with Crippen LogP contribution < -0.4 is 10.2 Å². The maximum Gasteiger partial charge on any atom is 0.253 e. The summed E-state index contributed by atoms with van der Waals surface area (Å²) in [6.45, 7) is 6.88. The predicted molar refractivity (Wildman–Crippen MR) is 101 cm³/mol. The van der Waals surface area contributed by atoms with E-state index in [2.05, 4.69) is 27.1 Å². The molecular weight excluding hydrogens is 328 g/mol. The maximum absolute atomic E-state index is 12.5. The monoisotopic (exact) mass is 354 g/mol. The van der Waals surface area contributed by atoms with Gasteiger partial charge in [0.2, 0.25) is 0 Å². The Hall–Kier alpha value is -2.21. The minimum Gasteiger partial charge on any atom is -0.390 e. The van der Waals surface area contributed by atoms with Gasteiger partial charge in [0.25, 0.3) is 5.91 Å². The fraction of sp³-hybridized carbons (Fsp3) is 0.550. The van der Waals surface area contributed by atoms with E-state index < -0.39 is 5.60 Å². The van der Waals surface area contributed by atoms with E-state index in [1.165, 1.54) is 6.42 Å². The molecule has 2 fully saturated rings. The fourth-order valence-corrected chi connectivity index (χ4v) is 3.73. The molecule has 2 aromatic rings. The molecule has 2 N–H and O–H groups in total. The molecule has 3 heterocycles. The lowest BCUT2D eigenvalue weighted by atomic mass is 9.71. The molecule has 0 aromatic carbocycles. The summed E-state index contributed by atoms with van der Waals surface area (Å²) in [7, 11) is 0. The maximum atomic E-state index is 12.5. The highest BCUT2D eigenvalue weighted by Crippen LogP contribution is 2.36. The van der Waals surface area contributed by atoms with E-state index in [4.69, 9.17) is 0 Å². The second-order valence-corrected chi connectivity index (χ2v) is 8.28. The van der Waals surface area contributed by atoms with Crippen molar-refractivity contribution >= 4 is 22.6 Å². The third-order valence-corrected chi connectivity index (χ3v) is 5.90. The Morgan fingerprint density at radius 1 is 1.27 bits per heavy atom. The number of carbonyl (C=O) groups is 1. The van der Waals surface area contributed by atoms with Crippen molar-refractivity contribution < 1.29 is 9.90 Å². The van der Waals surface area contributed by atoms with Crippen LogP contribution in [0.15, 0.2) is 24.5 Å². The van der Waals surface area contributed by atoms with E-state index in [-0.39, 0.29) is 17.9 Å². The third-order valence-electron chi connectivity index (χ3n) is 5.90. The molecule has 0 spiro atoms. The van der Waals surface area contributed by atoms with Crippen LogP contribution in [0.1, 0.15) is 50.4 Å². The van der Waals surface area contributed by atoms with E-state index in [1.807, 2.05) is 26.0 Å². The Morgan fingerprint density at radius 2 is 2.04 bits per heavy atom. The van der Waals surface area contributed by atoms with E-state index in [0.717, 1.165) is 36.1 Å². The van der Waals surface area contributed by atoms with Crippen molar-refractivity contribution in [1.82, 2.24) is 15.3 Å². The third kappa shape index (κ3) is 3.14. The molecular formula is C20H26N4O2. The van der Waals surface area contributed by atoms with Gasteiger partial charge in [0, 0.05) is 42.5 Å². The number of nitrogens with zero attached hydrogens (tertiary/aromatic N) is 3. The number of rotatable bonds is 4. The van der Waals surface area contributed by atoms with Crippen LogP contribution in [0.2, 0.25) is 0 Å². The highest BCUT2D eigenvalue weighted by molar-refractivity contribution is 5.97. The topological polar surface area (TPSA) is 78.4 Å². The predicted octanol–water partition coefficient (Wildman–Crippen LogP) is 2.51. The van der Waals surface area contributed by atoms with Crippen LogP contribution >= 0.6 is 0 Å². The molecule has 1 saturated heterocycles. The Labute approximate surface area is 153 Å². The highest BCUT2D eigenvalue weighted by Gasteiger charge is 2.39. The lowest BCUT2D eigenvalue weighted by Gasteiger charge is -2.42. The molecule has 26 heavy (non-hydrogen) atoms. The van der Waals surface area contributed by atoms with Crippen LogP contribution in [-0.2, 0) is 0 Å². The molecule has 0 radical (unpaired) electrons. The average molecular weight is 354 g/mol. The first-order valence-electron chi connectivity index (χ1n) is 9.37. The summed E-state index contributed by atoms with van der Waals surface area (Å²) in [6, 6.07) is 4.50. The number of carbonyl (C=O) groups excluding carboxylic acids is 1. The Balaban J connectivity index is 1.44. The van der Waals surface area contributed by atoms with Crippen molar-refractivity contribution in [3.8, 4) is 0 Å². The average Bonchev–Trinajstić information content (AvgIpc) is 2.54. The molecule has 2 aromatic heterocycles. The van der Waals surface area contributed by atoms with E-state index in [0.29, 0.717) is 11.6 Å². The van der Waals surface area contributed by atoms with Gasteiger partial charge in [0.1, 0.15) is 5.82 Å². The lowest BCUT2D eigenvalue weighted by molar-refractivity contribution is -0.0309. The normalized spacial score (nSPS) is 25.5. The Bertz CT molecular complexity index is 839.